The van der Waals surface area contributed by atoms with Crippen LogP contribution in [0.2, 0.25) is 0 Å². The Kier molecular flexibility index (Phi) is 6.22. The van der Waals surface area contributed by atoms with Gasteiger partial charge in [-0.1, -0.05) is 54.6 Å². The Balaban J connectivity index is 2.00. The van der Waals surface area contributed by atoms with E-state index < -0.39 is 22.7 Å². The molecule has 1 atom stereocenters. The fourth-order valence-electron chi connectivity index (χ4n) is 2.83. The zero-order valence-corrected chi connectivity index (χ0v) is 15.8. The van der Waals surface area contributed by atoms with Crippen molar-refractivity contribution in [2.45, 2.75) is 17.5 Å². The highest BCUT2D eigenvalue weighted by molar-refractivity contribution is 7.89. The molecule has 3 rings (SSSR count). The minimum Gasteiger partial charge on any atom is -0.435 e. The van der Waals surface area contributed by atoms with Crippen LogP contribution in [0.25, 0.3) is 0 Å². The minimum atomic E-state index is -4.05. The number of nitrogens with one attached hydrogen (secondary N) is 1. The van der Waals surface area contributed by atoms with Crippen molar-refractivity contribution in [1.29, 1.82) is 5.26 Å². The van der Waals surface area contributed by atoms with Gasteiger partial charge < -0.3 is 4.74 Å². The van der Waals surface area contributed by atoms with Gasteiger partial charge in [-0.3, -0.25) is 0 Å². The summed E-state index contributed by atoms with van der Waals surface area (Å²) in [6.07, 6.45) is 0. The summed E-state index contributed by atoms with van der Waals surface area (Å²) >= 11 is 0. The second-order valence-corrected chi connectivity index (χ2v) is 7.70. The SMILES string of the molecule is N#Cc1ccccc1S(=O)(=O)N[C@H](c1ccccc1)c1ccc(OC(F)F)cc1. The monoisotopic (exact) mass is 414 g/mol. The summed E-state index contributed by atoms with van der Waals surface area (Å²) < 4.78 is 57.7. The highest BCUT2D eigenvalue weighted by Gasteiger charge is 2.25. The Morgan fingerprint density at radius 2 is 1.45 bits per heavy atom. The number of halogens is 2. The first-order valence-corrected chi connectivity index (χ1v) is 10.0. The molecule has 0 radical (unpaired) electrons. The lowest BCUT2D eigenvalue weighted by molar-refractivity contribution is -0.0498. The Morgan fingerprint density at radius 1 is 0.862 bits per heavy atom. The molecule has 5 nitrogen and oxygen atoms in total. The van der Waals surface area contributed by atoms with E-state index >= 15 is 0 Å². The lowest BCUT2D eigenvalue weighted by Gasteiger charge is -2.20. The molecule has 0 bridgehead atoms. The lowest BCUT2D eigenvalue weighted by Crippen LogP contribution is -2.30. The number of hydrogen-bond acceptors (Lipinski definition) is 4. The van der Waals surface area contributed by atoms with Gasteiger partial charge in [0.1, 0.15) is 11.8 Å². The molecule has 8 heteroatoms. The first-order chi connectivity index (χ1) is 13.9. The summed E-state index contributed by atoms with van der Waals surface area (Å²) in [4.78, 5) is -0.138. The second-order valence-electron chi connectivity index (χ2n) is 6.02. The summed E-state index contributed by atoms with van der Waals surface area (Å²) in [6.45, 7) is -2.95. The van der Waals surface area contributed by atoms with E-state index in [1.165, 1.54) is 42.5 Å². The maximum Gasteiger partial charge on any atom is 0.387 e. The normalized spacial score (nSPS) is 12.3. The molecule has 0 aliphatic heterocycles. The van der Waals surface area contributed by atoms with E-state index in [0.29, 0.717) is 11.1 Å². The van der Waals surface area contributed by atoms with Gasteiger partial charge in [0.25, 0.3) is 0 Å². The molecule has 0 amide bonds. The van der Waals surface area contributed by atoms with Crippen molar-refractivity contribution in [1.82, 2.24) is 4.72 Å². The van der Waals surface area contributed by atoms with Gasteiger partial charge in [-0.05, 0) is 35.4 Å². The third-order valence-corrected chi connectivity index (χ3v) is 5.62. The van der Waals surface area contributed by atoms with Gasteiger partial charge >= 0.3 is 6.61 Å². The summed E-state index contributed by atoms with van der Waals surface area (Å²) in [5.74, 6) is -0.0340. The Bertz CT molecular complexity index is 1110. The maximum absolute atomic E-state index is 13.0. The maximum atomic E-state index is 13.0. The van der Waals surface area contributed by atoms with Crippen LogP contribution in [0.15, 0.2) is 83.8 Å². The van der Waals surface area contributed by atoms with Crippen molar-refractivity contribution < 1.29 is 21.9 Å². The molecule has 0 saturated carbocycles. The molecule has 0 aliphatic rings. The van der Waals surface area contributed by atoms with Crippen LogP contribution in [0.4, 0.5) is 8.78 Å². The summed E-state index contributed by atoms with van der Waals surface area (Å²) in [6, 6.07) is 21.4. The van der Waals surface area contributed by atoms with E-state index in [-0.39, 0.29) is 16.2 Å². The van der Waals surface area contributed by atoms with Crippen molar-refractivity contribution in [3.8, 4) is 11.8 Å². The van der Waals surface area contributed by atoms with E-state index in [2.05, 4.69) is 9.46 Å². The molecule has 3 aromatic rings. The number of nitriles is 1. The van der Waals surface area contributed by atoms with Gasteiger partial charge in [0.15, 0.2) is 0 Å². The summed E-state index contributed by atoms with van der Waals surface area (Å²) in [5.41, 5.74) is 1.19. The van der Waals surface area contributed by atoms with Crippen LogP contribution >= 0.6 is 0 Å². The predicted molar refractivity (Wildman–Crippen MR) is 103 cm³/mol. The molecule has 0 aromatic heterocycles. The number of ether oxygens (including phenoxy) is 1. The third-order valence-electron chi connectivity index (χ3n) is 4.14. The van der Waals surface area contributed by atoms with Crippen molar-refractivity contribution >= 4 is 10.0 Å². The molecule has 148 valence electrons. The lowest BCUT2D eigenvalue weighted by atomic mass is 10.00. The van der Waals surface area contributed by atoms with Crippen LogP contribution in [0, 0.1) is 11.3 Å². The number of hydrogen-bond donors (Lipinski definition) is 1. The molecule has 0 aliphatic carbocycles. The number of rotatable bonds is 7. The number of benzene rings is 3. The molecular formula is C21H16F2N2O3S. The van der Waals surface area contributed by atoms with Gasteiger partial charge in [0, 0.05) is 0 Å². The molecule has 1 N–H and O–H groups in total. The summed E-state index contributed by atoms with van der Waals surface area (Å²) in [5, 5.41) is 9.24. The first-order valence-electron chi connectivity index (χ1n) is 8.52. The van der Waals surface area contributed by atoms with Crippen LogP contribution < -0.4 is 9.46 Å². The van der Waals surface area contributed by atoms with Gasteiger partial charge in [-0.15, -0.1) is 0 Å². The molecule has 29 heavy (non-hydrogen) atoms. The average molecular weight is 414 g/mol. The highest BCUT2D eigenvalue weighted by atomic mass is 32.2. The third kappa shape index (κ3) is 4.96. The Labute approximate surface area is 167 Å². The molecule has 3 aromatic carbocycles. The largest absolute Gasteiger partial charge is 0.435 e. The van der Waals surface area contributed by atoms with Crippen LogP contribution in [0.3, 0.4) is 0 Å². The number of alkyl halides is 2. The highest BCUT2D eigenvalue weighted by Crippen LogP contribution is 2.27. The van der Waals surface area contributed by atoms with E-state index in [1.807, 2.05) is 6.07 Å². The average Bonchev–Trinajstić information content (AvgIpc) is 2.73. The van der Waals surface area contributed by atoms with E-state index in [1.54, 1.807) is 36.4 Å². The second kappa shape index (κ2) is 8.82. The predicted octanol–water partition coefficient (Wildman–Crippen LogP) is 4.23. The number of nitrogens with zero attached hydrogens (tertiary/aromatic N) is 1. The topological polar surface area (TPSA) is 79.2 Å². The molecule has 0 saturated heterocycles. The zero-order valence-electron chi connectivity index (χ0n) is 15.0. The van der Waals surface area contributed by atoms with Gasteiger partial charge in [-0.25, -0.2) is 8.42 Å². The first kappa shape index (κ1) is 20.5. The fraction of sp³-hybridized carbons (Fsp3) is 0.0952. The Hall–Kier alpha value is -3.28. The standard InChI is InChI=1S/C21H16F2N2O3S/c22-21(23)28-18-12-10-16(11-13-18)20(15-6-2-1-3-7-15)25-29(26,27)19-9-5-4-8-17(19)14-24/h1-13,20-21,25H/t20-/m1/s1. The van der Waals surface area contributed by atoms with E-state index in [4.69, 9.17) is 0 Å². The van der Waals surface area contributed by atoms with Crippen LogP contribution in [0.1, 0.15) is 22.7 Å². The van der Waals surface area contributed by atoms with Crippen molar-refractivity contribution in [3.05, 3.63) is 95.6 Å². The summed E-state index contributed by atoms with van der Waals surface area (Å²) in [7, 11) is -4.05. The van der Waals surface area contributed by atoms with Crippen molar-refractivity contribution in [3.63, 3.8) is 0 Å². The molecule has 0 heterocycles. The van der Waals surface area contributed by atoms with Crippen LogP contribution in [0.5, 0.6) is 5.75 Å². The van der Waals surface area contributed by atoms with Crippen molar-refractivity contribution in [2.75, 3.05) is 0 Å². The molecule has 0 spiro atoms. The fourth-order valence-corrected chi connectivity index (χ4v) is 4.20. The van der Waals surface area contributed by atoms with Gasteiger partial charge in [-0.2, -0.15) is 18.8 Å². The molecule has 0 fully saturated rings. The van der Waals surface area contributed by atoms with Gasteiger partial charge in [0.05, 0.1) is 16.5 Å². The van der Waals surface area contributed by atoms with Gasteiger partial charge in [0.2, 0.25) is 10.0 Å². The smallest absolute Gasteiger partial charge is 0.387 e. The zero-order chi connectivity index (χ0) is 20.9. The van der Waals surface area contributed by atoms with E-state index in [9.17, 15) is 22.5 Å². The molecule has 0 unspecified atom stereocenters. The van der Waals surface area contributed by atoms with E-state index in [0.717, 1.165) is 0 Å². The Morgan fingerprint density at radius 3 is 2.07 bits per heavy atom. The number of sulfonamides is 1. The van der Waals surface area contributed by atoms with Crippen LogP contribution in [-0.2, 0) is 10.0 Å². The molecular weight excluding hydrogens is 398 g/mol. The van der Waals surface area contributed by atoms with Crippen molar-refractivity contribution in [2.24, 2.45) is 0 Å². The van der Waals surface area contributed by atoms with Crippen LogP contribution in [-0.4, -0.2) is 15.0 Å². The quantitative estimate of drug-likeness (QED) is 0.628. The minimum absolute atomic E-state index is 0.0208.